The van der Waals surface area contributed by atoms with Crippen LogP contribution in [0.1, 0.15) is 30.9 Å². The lowest BCUT2D eigenvalue weighted by Crippen LogP contribution is -2.16. The van der Waals surface area contributed by atoms with Gasteiger partial charge in [0.15, 0.2) is 0 Å². The Labute approximate surface area is 102 Å². The molecular formula is C13H18ClNO. The van der Waals surface area contributed by atoms with Crippen LogP contribution < -0.4 is 10.1 Å². The van der Waals surface area contributed by atoms with Crippen LogP contribution in [0.4, 0.5) is 0 Å². The number of halogens is 1. The Morgan fingerprint density at radius 2 is 2.12 bits per heavy atom. The van der Waals surface area contributed by atoms with Crippen LogP contribution in [0, 0.1) is 0 Å². The average Bonchev–Trinajstić information content (AvgIpc) is 3.10. The van der Waals surface area contributed by atoms with E-state index in [0.717, 1.165) is 24.8 Å². The maximum absolute atomic E-state index is 6.14. The van der Waals surface area contributed by atoms with E-state index in [4.69, 9.17) is 16.3 Å². The summed E-state index contributed by atoms with van der Waals surface area (Å²) in [5.41, 5.74) is 2.61. The monoisotopic (exact) mass is 239 g/mol. The molecule has 0 aromatic heterocycles. The Morgan fingerprint density at radius 3 is 2.69 bits per heavy atom. The van der Waals surface area contributed by atoms with Crippen LogP contribution in [0.25, 0.3) is 0 Å². The molecule has 0 saturated heterocycles. The Balaban J connectivity index is 2.16. The highest BCUT2D eigenvalue weighted by Crippen LogP contribution is 2.29. The van der Waals surface area contributed by atoms with Gasteiger partial charge in [-0.15, -0.1) is 0 Å². The highest BCUT2D eigenvalue weighted by atomic mass is 35.5. The molecule has 16 heavy (non-hydrogen) atoms. The summed E-state index contributed by atoms with van der Waals surface area (Å²) in [6.45, 7) is 3.07. The van der Waals surface area contributed by atoms with E-state index < -0.39 is 0 Å². The van der Waals surface area contributed by atoms with Gasteiger partial charge in [-0.05, 0) is 42.5 Å². The molecule has 0 spiro atoms. The van der Waals surface area contributed by atoms with E-state index in [2.05, 4.69) is 12.2 Å². The summed E-state index contributed by atoms with van der Waals surface area (Å²) in [4.78, 5) is 0. The third-order valence-electron chi connectivity index (χ3n) is 3.01. The second kappa shape index (κ2) is 5.07. The van der Waals surface area contributed by atoms with E-state index in [-0.39, 0.29) is 0 Å². The van der Waals surface area contributed by atoms with E-state index >= 15 is 0 Å². The minimum absolute atomic E-state index is 0.701. The number of aryl methyl sites for hydroxylation is 1. The molecule has 1 fully saturated rings. The highest BCUT2D eigenvalue weighted by molar-refractivity contribution is 6.32. The van der Waals surface area contributed by atoms with Crippen LogP contribution in [0.15, 0.2) is 12.1 Å². The van der Waals surface area contributed by atoms with Crippen LogP contribution in [-0.4, -0.2) is 13.2 Å². The molecule has 2 rings (SSSR count). The molecule has 2 nitrogen and oxygen atoms in total. The van der Waals surface area contributed by atoms with Gasteiger partial charge in [0.05, 0.1) is 12.1 Å². The van der Waals surface area contributed by atoms with Crippen molar-refractivity contribution in [3.05, 3.63) is 28.3 Å². The number of benzene rings is 1. The SMILES string of the molecule is CCc1cc(OC)c(Cl)cc1CNC1CC1. The van der Waals surface area contributed by atoms with Gasteiger partial charge in [0.2, 0.25) is 0 Å². The summed E-state index contributed by atoms with van der Waals surface area (Å²) < 4.78 is 5.23. The Bertz CT molecular complexity index is 374. The van der Waals surface area contributed by atoms with Crippen LogP contribution in [-0.2, 0) is 13.0 Å². The summed E-state index contributed by atoms with van der Waals surface area (Å²) in [6, 6.07) is 4.80. The predicted molar refractivity (Wildman–Crippen MR) is 67.2 cm³/mol. The summed E-state index contributed by atoms with van der Waals surface area (Å²) in [5.74, 6) is 0.772. The van der Waals surface area contributed by atoms with Gasteiger partial charge in [0, 0.05) is 12.6 Å². The van der Waals surface area contributed by atoms with Gasteiger partial charge in [-0.2, -0.15) is 0 Å². The summed E-state index contributed by atoms with van der Waals surface area (Å²) >= 11 is 6.14. The topological polar surface area (TPSA) is 21.3 Å². The molecule has 88 valence electrons. The van der Waals surface area contributed by atoms with E-state index in [1.54, 1.807) is 7.11 Å². The van der Waals surface area contributed by atoms with E-state index in [1.807, 2.05) is 12.1 Å². The van der Waals surface area contributed by atoms with Crippen LogP contribution in [0.5, 0.6) is 5.75 Å². The van der Waals surface area contributed by atoms with Crippen LogP contribution in [0.2, 0.25) is 5.02 Å². The quantitative estimate of drug-likeness (QED) is 0.852. The van der Waals surface area contributed by atoms with Crippen LogP contribution >= 0.6 is 11.6 Å². The van der Waals surface area contributed by atoms with Crippen molar-refractivity contribution in [2.75, 3.05) is 7.11 Å². The zero-order chi connectivity index (χ0) is 11.5. The maximum Gasteiger partial charge on any atom is 0.137 e. The number of ether oxygens (including phenoxy) is 1. The largest absolute Gasteiger partial charge is 0.495 e. The molecule has 0 amide bonds. The second-order valence-corrected chi connectivity index (χ2v) is 4.67. The average molecular weight is 240 g/mol. The molecule has 1 N–H and O–H groups in total. The van der Waals surface area contributed by atoms with Gasteiger partial charge >= 0.3 is 0 Å². The van der Waals surface area contributed by atoms with Crippen LogP contribution in [0.3, 0.4) is 0 Å². The standard InChI is InChI=1S/C13H18ClNO/c1-3-9-7-13(16-2)12(14)6-10(9)8-15-11-4-5-11/h6-7,11,15H,3-5,8H2,1-2H3. The molecule has 3 heteroatoms. The molecule has 1 saturated carbocycles. The van der Waals surface area contributed by atoms with Gasteiger partial charge in [-0.3, -0.25) is 0 Å². The normalized spacial score (nSPS) is 15.2. The number of nitrogens with one attached hydrogen (secondary N) is 1. The van der Waals surface area contributed by atoms with E-state index in [0.29, 0.717) is 5.02 Å². The third kappa shape index (κ3) is 2.69. The maximum atomic E-state index is 6.14. The van der Waals surface area contributed by atoms with Crippen molar-refractivity contribution >= 4 is 11.6 Å². The summed E-state index contributed by atoms with van der Waals surface area (Å²) in [6.07, 6.45) is 3.63. The van der Waals surface area contributed by atoms with Crippen molar-refractivity contribution in [2.24, 2.45) is 0 Å². The molecular weight excluding hydrogens is 222 g/mol. The molecule has 1 aromatic rings. The first-order chi connectivity index (χ1) is 7.74. The number of rotatable bonds is 5. The molecule has 0 aliphatic heterocycles. The fourth-order valence-electron chi connectivity index (χ4n) is 1.83. The van der Waals surface area contributed by atoms with Gasteiger partial charge < -0.3 is 10.1 Å². The van der Waals surface area contributed by atoms with Crippen molar-refractivity contribution in [3.63, 3.8) is 0 Å². The smallest absolute Gasteiger partial charge is 0.137 e. The third-order valence-corrected chi connectivity index (χ3v) is 3.31. The minimum atomic E-state index is 0.701. The number of methoxy groups -OCH3 is 1. The Hall–Kier alpha value is -0.730. The molecule has 0 heterocycles. The Kier molecular flexibility index (Phi) is 3.72. The lowest BCUT2D eigenvalue weighted by atomic mass is 10.0. The molecule has 1 aliphatic carbocycles. The van der Waals surface area contributed by atoms with Crippen molar-refractivity contribution in [1.29, 1.82) is 0 Å². The van der Waals surface area contributed by atoms with Gasteiger partial charge in [-0.1, -0.05) is 18.5 Å². The first-order valence-electron chi connectivity index (χ1n) is 5.83. The van der Waals surface area contributed by atoms with E-state index in [1.165, 1.54) is 24.0 Å². The molecule has 1 aliphatic rings. The fourth-order valence-corrected chi connectivity index (χ4v) is 2.09. The molecule has 0 bridgehead atoms. The molecule has 0 radical (unpaired) electrons. The summed E-state index contributed by atoms with van der Waals surface area (Å²) in [5, 5.41) is 4.21. The number of hydrogen-bond acceptors (Lipinski definition) is 2. The number of hydrogen-bond donors (Lipinski definition) is 1. The second-order valence-electron chi connectivity index (χ2n) is 4.26. The summed E-state index contributed by atoms with van der Waals surface area (Å²) in [7, 11) is 1.66. The molecule has 1 aromatic carbocycles. The van der Waals surface area contributed by atoms with Crippen molar-refractivity contribution in [2.45, 2.75) is 38.8 Å². The van der Waals surface area contributed by atoms with Crippen molar-refractivity contribution in [3.8, 4) is 5.75 Å². The van der Waals surface area contributed by atoms with Gasteiger partial charge in [0.25, 0.3) is 0 Å². The zero-order valence-electron chi connectivity index (χ0n) is 9.85. The lowest BCUT2D eigenvalue weighted by Gasteiger charge is -2.12. The zero-order valence-corrected chi connectivity index (χ0v) is 10.6. The Morgan fingerprint density at radius 1 is 1.38 bits per heavy atom. The molecule has 0 atom stereocenters. The minimum Gasteiger partial charge on any atom is -0.495 e. The van der Waals surface area contributed by atoms with Crippen molar-refractivity contribution < 1.29 is 4.74 Å². The van der Waals surface area contributed by atoms with E-state index in [9.17, 15) is 0 Å². The lowest BCUT2D eigenvalue weighted by molar-refractivity contribution is 0.414. The highest BCUT2D eigenvalue weighted by Gasteiger charge is 2.20. The first kappa shape index (κ1) is 11.7. The fraction of sp³-hybridized carbons (Fsp3) is 0.538. The molecule has 0 unspecified atom stereocenters. The van der Waals surface area contributed by atoms with Gasteiger partial charge in [-0.25, -0.2) is 0 Å². The first-order valence-corrected chi connectivity index (χ1v) is 6.21. The van der Waals surface area contributed by atoms with Crippen molar-refractivity contribution in [1.82, 2.24) is 5.32 Å². The predicted octanol–water partition coefficient (Wildman–Crippen LogP) is 3.16. The van der Waals surface area contributed by atoms with Gasteiger partial charge in [0.1, 0.15) is 5.75 Å².